The molecule has 7 nitrogen and oxygen atoms in total. The SMILES string of the molecule is COc1ccc(CCNC(=O)c2cnc3sc4c(n3c2=O)CCCC4)cc1OC. The lowest BCUT2D eigenvalue weighted by Gasteiger charge is -2.11. The molecule has 0 radical (unpaired) electrons. The first kappa shape index (κ1) is 19.4. The maximum atomic E-state index is 12.9. The normalized spacial score (nSPS) is 13.2. The molecule has 0 bridgehead atoms. The third kappa shape index (κ3) is 3.72. The van der Waals surface area contributed by atoms with Crippen molar-refractivity contribution in [2.75, 3.05) is 20.8 Å². The number of aryl methyl sites for hydroxylation is 2. The Balaban J connectivity index is 1.48. The van der Waals surface area contributed by atoms with Crippen molar-refractivity contribution in [2.45, 2.75) is 32.1 Å². The van der Waals surface area contributed by atoms with E-state index in [0.717, 1.165) is 36.9 Å². The van der Waals surface area contributed by atoms with Crippen LogP contribution < -0.4 is 20.3 Å². The summed E-state index contributed by atoms with van der Waals surface area (Å²) in [6.07, 6.45) is 6.05. The number of carbonyl (C=O) groups excluding carboxylic acids is 1. The minimum absolute atomic E-state index is 0.0842. The van der Waals surface area contributed by atoms with Gasteiger partial charge in [-0.15, -0.1) is 11.3 Å². The molecule has 1 aliphatic rings. The second-order valence-corrected chi connectivity index (χ2v) is 8.03. The van der Waals surface area contributed by atoms with E-state index in [-0.39, 0.29) is 11.1 Å². The molecule has 0 unspecified atom stereocenters. The van der Waals surface area contributed by atoms with Crippen LogP contribution in [0.2, 0.25) is 0 Å². The summed E-state index contributed by atoms with van der Waals surface area (Å²) in [5, 5.41) is 2.83. The molecule has 0 saturated carbocycles. The van der Waals surface area contributed by atoms with Gasteiger partial charge in [-0.1, -0.05) is 6.07 Å². The number of nitrogens with zero attached hydrogens (tertiary/aromatic N) is 2. The van der Waals surface area contributed by atoms with Crippen LogP contribution in [0.25, 0.3) is 4.96 Å². The van der Waals surface area contributed by atoms with Gasteiger partial charge in [0.1, 0.15) is 5.56 Å². The van der Waals surface area contributed by atoms with E-state index in [4.69, 9.17) is 9.47 Å². The number of hydrogen-bond donors (Lipinski definition) is 1. The van der Waals surface area contributed by atoms with E-state index in [1.54, 1.807) is 30.0 Å². The maximum absolute atomic E-state index is 12.9. The topological polar surface area (TPSA) is 81.9 Å². The quantitative estimate of drug-likeness (QED) is 0.672. The summed E-state index contributed by atoms with van der Waals surface area (Å²) in [6, 6.07) is 5.64. The van der Waals surface area contributed by atoms with Crippen LogP contribution in [0.15, 0.2) is 29.2 Å². The number of amides is 1. The molecule has 1 N–H and O–H groups in total. The van der Waals surface area contributed by atoms with E-state index in [2.05, 4.69) is 10.3 Å². The third-order valence-electron chi connectivity index (χ3n) is 5.19. The number of nitrogens with one attached hydrogen (secondary N) is 1. The van der Waals surface area contributed by atoms with Gasteiger partial charge in [0.25, 0.3) is 11.5 Å². The van der Waals surface area contributed by atoms with E-state index in [1.807, 2.05) is 18.2 Å². The molecule has 0 spiro atoms. The molecule has 29 heavy (non-hydrogen) atoms. The molecular formula is C21H23N3O4S. The van der Waals surface area contributed by atoms with E-state index >= 15 is 0 Å². The number of rotatable bonds is 6. The van der Waals surface area contributed by atoms with Gasteiger partial charge in [0.05, 0.1) is 14.2 Å². The molecule has 0 atom stereocenters. The van der Waals surface area contributed by atoms with Gasteiger partial charge in [0, 0.05) is 23.3 Å². The van der Waals surface area contributed by atoms with Crippen molar-refractivity contribution in [3.8, 4) is 11.5 Å². The summed E-state index contributed by atoms with van der Waals surface area (Å²) < 4.78 is 12.2. The highest BCUT2D eigenvalue weighted by Gasteiger charge is 2.21. The Morgan fingerprint density at radius 3 is 2.79 bits per heavy atom. The Kier molecular flexibility index (Phi) is 5.53. The van der Waals surface area contributed by atoms with Gasteiger partial charge in [0.2, 0.25) is 0 Å². The molecule has 1 amide bonds. The van der Waals surface area contributed by atoms with Gasteiger partial charge in [-0.2, -0.15) is 0 Å². The molecule has 2 heterocycles. The largest absolute Gasteiger partial charge is 0.493 e. The van der Waals surface area contributed by atoms with Crippen LogP contribution in [-0.2, 0) is 19.3 Å². The van der Waals surface area contributed by atoms with E-state index in [9.17, 15) is 9.59 Å². The summed E-state index contributed by atoms with van der Waals surface area (Å²) in [7, 11) is 3.18. The number of benzene rings is 1. The van der Waals surface area contributed by atoms with E-state index in [0.29, 0.717) is 29.4 Å². The standard InChI is InChI=1S/C21H23N3O4S/c1-27-16-8-7-13(11-17(16)28-2)9-10-22-19(25)14-12-23-21-24(20(14)26)15-5-3-4-6-18(15)29-21/h7-8,11-12H,3-6,9-10H2,1-2H3,(H,22,25). The van der Waals surface area contributed by atoms with Crippen LogP contribution in [-0.4, -0.2) is 36.1 Å². The third-order valence-corrected chi connectivity index (χ3v) is 6.35. The van der Waals surface area contributed by atoms with Crippen molar-refractivity contribution in [3.63, 3.8) is 0 Å². The zero-order chi connectivity index (χ0) is 20.4. The van der Waals surface area contributed by atoms with Gasteiger partial charge in [0.15, 0.2) is 16.5 Å². The zero-order valence-electron chi connectivity index (χ0n) is 16.5. The smallest absolute Gasteiger partial charge is 0.271 e. The van der Waals surface area contributed by atoms with E-state index < -0.39 is 5.91 Å². The van der Waals surface area contributed by atoms with Crippen LogP contribution in [0.4, 0.5) is 0 Å². The first-order valence-corrected chi connectivity index (χ1v) is 10.5. The minimum Gasteiger partial charge on any atom is -0.493 e. The molecule has 1 aromatic carbocycles. The van der Waals surface area contributed by atoms with Crippen LogP contribution >= 0.6 is 11.3 Å². The summed E-state index contributed by atoms with van der Waals surface area (Å²) in [5.74, 6) is 0.909. The van der Waals surface area contributed by atoms with Crippen LogP contribution in [0.5, 0.6) is 11.5 Å². The predicted octanol–water partition coefficient (Wildman–Crippen LogP) is 2.62. The zero-order valence-corrected chi connectivity index (χ0v) is 17.3. The monoisotopic (exact) mass is 413 g/mol. The second kappa shape index (κ2) is 8.24. The fourth-order valence-electron chi connectivity index (χ4n) is 3.68. The Morgan fingerprint density at radius 1 is 1.21 bits per heavy atom. The summed E-state index contributed by atoms with van der Waals surface area (Å²) in [4.78, 5) is 31.8. The van der Waals surface area contributed by atoms with Gasteiger partial charge in [-0.05, 0) is 49.8 Å². The molecule has 3 aromatic rings. The molecule has 0 aliphatic heterocycles. The maximum Gasteiger partial charge on any atom is 0.271 e. The van der Waals surface area contributed by atoms with Crippen LogP contribution in [0.3, 0.4) is 0 Å². The molecule has 4 rings (SSSR count). The number of carbonyl (C=O) groups is 1. The lowest BCUT2D eigenvalue weighted by Crippen LogP contribution is -2.33. The van der Waals surface area contributed by atoms with Crippen molar-refractivity contribution in [3.05, 3.63) is 56.4 Å². The number of aromatic nitrogens is 2. The van der Waals surface area contributed by atoms with E-state index in [1.165, 1.54) is 11.1 Å². The van der Waals surface area contributed by atoms with Crippen molar-refractivity contribution in [1.82, 2.24) is 14.7 Å². The highest BCUT2D eigenvalue weighted by molar-refractivity contribution is 7.17. The van der Waals surface area contributed by atoms with Gasteiger partial charge >= 0.3 is 0 Å². The highest BCUT2D eigenvalue weighted by atomic mass is 32.1. The molecular weight excluding hydrogens is 390 g/mol. The number of methoxy groups -OCH3 is 2. The molecule has 0 fully saturated rings. The first-order valence-electron chi connectivity index (χ1n) is 9.63. The van der Waals surface area contributed by atoms with Crippen molar-refractivity contribution in [2.24, 2.45) is 0 Å². The Hall–Kier alpha value is -2.87. The number of ether oxygens (including phenoxy) is 2. The fraction of sp³-hybridized carbons (Fsp3) is 0.381. The fourth-order valence-corrected chi connectivity index (χ4v) is 4.84. The summed E-state index contributed by atoms with van der Waals surface area (Å²) >= 11 is 1.55. The van der Waals surface area contributed by atoms with Gasteiger partial charge in [-0.3, -0.25) is 14.0 Å². The number of hydrogen-bond acceptors (Lipinski definition) is 6. The Labute approximate surface area is 172 Å². The molecule has 0 saturated heterocycles. The average Bonchev–Trinajstić information content (AvgIpc) is 3.13. The Morgan fingerprint density at radius 2 is 2.00 bits per heavy atom. The lowest BCUT2D eigenvalue weighted by molar-refractivity contribution is 0.0952. The molecule has 1 aliphatic carbocycles. The van der Waals surface area contributed by atoms with Gasteiger partial charge < -0.3 is 14.8 Å². The summed E-state index contributed by atoms with van der Waals surface area (Å²) in [6.45, 7) is 0.401. The van der Waals surface area contributed by atoms with Gasteiger partial charge in [-0.25, -0.2) is 4.98 Å². The lowest BCUT2D eigenvalue weighted by atomic mass is 10.0. The average molecular weight is 413 g/mol. The van der Waals surface area contributed by atoms with Crippen LogP contribution in [0.1, 0.15) is 39.3 Å². The van der Waals surface area contributed by atoms with Crippen molar-refractivity contribution < 1.29 is 14.3 Å². The van der Waals surface area contributed by atoms with Crippen LogP contribution in [0, 0.1) is 0 Å². The predicted molar refractivity (Wildman–Crippen MR) is 112 cm³/mol. The minimum atomic E-state index is -0.395. The second-order valence-electron chi connectivity index (χ2n) is 6.97. The number of thiazole rings is 1. The highest BCUT2D eigenvalue weighted by Crippen LogP contribution is 2.28. The van der Waals surface area contributed by atoms with Crippen molar-refractivity contribution in [1.29, 1.82) is 0 Å². The number of fused-ring (bicyclic) bond motifs is 3. The Bertz CT molecular complexity index is 1120. The molecule has 2 aromatic heterocycles. The molecule has 8 heteroatoms. The summed E-state index contributed by atoms with van der Waals surface area (Å²) in [5.41, 5.74) is 1.83. The first-order chi connectivity index (χ1) is 14.1. The molecule has 152 valence electrons. The van der Waals surface area contributed by atoms with Crippen molar-refractivity contribution >= 4 is 22.2 Å².